The van der Waals surface area contributed by atoms with Gasteiger partial charge in [-0.25, -0.2) is 4.39 Å². The van der Waals surface area contributed by atoms with Crippen LogP contribution in [0.2, 0.25) is 0 Å². The summed E-state index contributed by atoms with van der Waals surface area (Å²) in [6.45, 7) is 7.51. The number of nitrogens with one attached hydrogen (secondary N) is 1. The lowest BCUT2D eigenvalue weighted by Gasteiger charge is -2.21. The molecule has 1 heterocycles. The average molecular weight is 479 g/mol. The molecular formula is C27H31FN4O3. The maximum Gasteiger partial charge on any atom is 0.239 e. The molecule has 0 radical (unpaired) electrons. The summed E-state index contributed by atoms with van der Waals surface area (Å²) in [5.74, 6) is 1.21. The molecule has 0 atom stereocenters. The molecule has 0 fully saturated rings. The Kier molecular flexibility index (Phi) is 8.50. The fraction of sp³-hybridized carbons (Fsp3) is 0.333. The van der Waals surface area contributed by atoms with Crippen LogP contribution in [0.3, 0.4) is 0 Å². The first kappa shape index (κ1) is 25.8. The number of methoxy groups -OCH3 is 2. The number of anilines is 1. The number of hydrogen-bond donors (Lipinski definition) is 1. The van der Waals surface area contributed by atoms with Crippen LogP contribution >= 0.6 is 0 Å². The van der Waals surface area contributed by atoms with E-state index in [1.165, 1.54) is 12.1 Å². The van der Waals surface area contributed by atoms with Crippen LogP contribution in [-0.2, 0) is 17.9 Å². The van der Waals surface area contributed by atoms with Crippen LogP contribution in [0, 0.1) is 31.0 Å². The summed E-state index contributed by atoms with van der Waals surface area (Å²) in [5.41, 5.74) is 3.97. The second-order valence-corrected chi connectivity index (χ2v) is 8.30. The number of carbonyl (C=O) groups is 1. The van der Waals surface area contributed by atoms with E-state index in [1.54, 1.807) is 26.4 Å². The first-order chi connectivity index (χ1) is 16.8. The molecule has 0 spiro atoms. The highest BCUT2D eigenvalue weighted by Gasteiger charge is 2.21. The van der Waals surface area contributed by atoms with Gasteiger partial charge in [-0.15, -0.1) is 0 Å². The minimum absolute atomic E-state index is 0.148. The summed E-state index contributed by atoms with van der Waals surface area (Å²) in [6, 6.07) is 14.1. The largest absolute Gasteiger partial charge is 0.493 e. The second-order valence-electron chi connectivity index (χ2n) is 8.30. The summed E-state index contributed by atoms with van der Waals surface area (Å²) in [4.78, 5) is 15.1. The number of ether oxygens (including phenoxy) is 2. The van der Waals surface area contributed by atoms with Gasteiger partial charge in [-0.2, -0.15) is 5.26 Å². The van der Waals surface area contributed by atoms with Crippen molar-refractivity contribution in [2.24, 2.45) is 0 Å². The molecule has 1 amide bonds. The van der Waals surface area contributed by atoms with E-state index >= 15 is 0 Å². The van der Waals surface area contributed by atoms with Gasteiger partial charge < -0.3 is 19.4 Å². The van der Waals surface area contributed by atoms with E-state index in [0.717, 1.165) is 22.4 Å². The van der Waals surface area contributed by atoms with E-state index in [1.807, 2.05) is 48.4 Å². The number of amides is 1. The Morgan fingerprint density at radius 2 is 1.74 bits per heavy atom. The molecule has 0 aliphatic heterocycles. The Balaban J connectivity index is 1.79. The zero-order chi connectivity index (χ0) is 25.5. The number of carbonyl (C=O) groups excluding carboxylic acids is 1. The van der Waals surface area contributed by atoms with Crippen LogP contribution in [-0.4, -0.2) is 42.7 Å². The highest BCUT2D eigenvalue weighted by molar-refractivity contribution is 5.93. The van der Waals surface area contributed by atoms with E-state index in [0.29, 0.717) is 42.5 Å². The van der Waals surface area contributed by atoms with Crippen molar-refractivity contribution in [3.63, 3.8) is 0 Å². The number of aromatic nitrogens is 1. The maximum atomic E-state index is 13.3. The number of halogens is 1. The number of nitriles is 1. The topological polar surface area (TPSA) is 79.5 Å². The Morgan fingerprint density at radius 1 is 1.09 bits per heavy atom. The number of hydrogen-bond acceptors (Lipinski definition) is 5. The van der Waals surface area contributed by atoms with E-state index < -0.39 is 0 Å². The van der Waals surface area contributed by atoms with Gasteiger partial charge in [-0.05, 0) is 61.3 Å². The minimum Gasteiger partial charge on any atom is -0.493 e. The summed E-state index contributed by atoms with van der Waals surface area (Å²) in [7, 11) is 3.18. The maximum absolute atomic E-state index is 13.3. The van der Waals surface area contributed by atoms with Crippen molar-refractivity contribution >= 4 is 11.7 Å². The van der Waals surface area contributed by atoms with Crippen LogP contribution in [0.1, 0.15) is 34.9 Å². The van der Waals surface area contributed by atoms with Crippen LogP contribution in [0.25, 0.3) is 0 Å². The molecule has 0 aliphatic rings. The molecule has 3 rings (SSSR count). The van der Waals surface area contributed by atoms with Crippen LogP contribution in [0.5, 0.6) is 11.5 Å². The quantitative estimate of drug-likeness (QED) is 0.459. The number of nitrogens with zero attached hydrogens (tertiary/aromatic N) is 3. The van der Waals surface area contributed by atoms with E-state index in [2.05, 4.69) is 11.4 Å². The molecule has 0 aliphatic carbocycles. The fourth-order valence-electron chi connectivity index (χ4n) is 3.99. The molecule has 3 aromatic rings. The number of benzene rings is 2. The van der Waals surface area contributed by atoms with Crippen molar-refractivity contribution in [2.75, 3.05) is 32.6 Å². The van der Waals surface area contributed by atoms with Crippen molar-refractivity contribution < 1.29 is 18.7 Å². The Hall–Kier alpha value is -3.83. The Bertz CT molecular complexity index is 1230. The van der Waals surface area contributed by atoms with Crippen molar-refractivity contribution in [2.45, 2.75) is 33.9 Å². The predicted octanol–water partition coefficient (Wildman–Crippen LogP) is 4.64. The molecule has 2 aromatic carbocycles. The highest BCUT2D eigenvalue weighted by atomic mass is 19.1. The standard InChI is InChI=1S/C27H31FN4O3/c1-6-31(15-21-9-12-24(34-4)25(13-21)35-5)17-26(33)30-27-23(14-29)18(2)19(3)32(27)16-20-7-10-22(28)11-8-20/h7-13H,6,15-17H2,1-5H3,(H,30,33). The van der Waals surface area contributed by atoms with Crippen molar-refractivity contribution in [3.05, 3.63) is 76.2 Å². The Labute approximate surface area is 205 Å². The van der Waals surface area contributed by atoms with Gasteiger partial charge in [-0.1, -0.05) is 25.1 Å². The molecule has 8 heteroatoms. The Morgan fingerprint density at radius 3 is 2.34 bits per heavy atom. The lowest BCUT2D eigenvalue weighted by Crippen LogP contribution is -2.33. The minimum atomic E-state index is -0.311. The van der Waals surface area contributed by atoms with E-state index in [-0.39, 0.29) is 18.3 Å². The van der Waals surface area contributed by atoms with E-state index in [4.69, 9.17) is 9.47 Å². The van der Waals surface area contributed by atoms with Crippen LogP contribution in [0.15, 0.2) is 42.5 Å². The first-order valence-electron chi connectivity index (χ1n) is 11.4. The molecule has 0 bridgehead atoms. The fourth-order valence-corrected chi connectivity index (χ4v) is 3.99. The lowest BCUT2D eigenvalue weighted by molar-refractivity contribution is -0.117. The predicted molar refractivity (Wildman–Crippen MR) is 133 cm³/mol. The second kappa shape index (κ2) is 11.5. The average Bonchev–Trinajstić information content (AvgIpc) is 3.08. The first-order valence-corrected chi connectivity index (χ1v) is 11.4. The van der Waals surface area contributed by atoms with Crippen LogP contribution in [0.4, 0.5) is 10.2 Å². The number of likely N-dealkylation sites (N-methyl/N-ethyl adjacent to an activating group) is 1. The molecule has 0 saturated heterocycles. The normalized spacial score (nSPS) is 10.8. The van der Waals surface area contributed by atoms with Crippen molar-refractivity contribution in [3.8, 4) is 17.6 Å². The van der Waals surface area contributed by atoms with Gasteiger partial charge in [0.05, 0.1) is 26.3 Å². The number of rotatable bonds is 10. The van der Waals surface area contributed by atoms with Crippen molar-refractivity contribution in [1.82, 2.24) is 9.47 Å². The van der Waals surface area contributed by atoms with Gasteiger partial charge in [0.2, 0.25) is 5.91 Å². The lowest BCUT2D eigenvalue weighted by atomic mass is 10.2. The molecule has 0 unspecified atom stereocenters. The third-order valence-electron chi connectivity index (χ3n) is 6.12. The molecule has 35 heavy (non-hydrogen) atoms. The third kappa shape index (κ3) is 6.00. The molecule has 0 saturated carbocycles. The van der Waals surface area contributed by atoms with Crippen molar-refractivity contribution in [1.29, 1.82) is 5.26 Å². The zero-order valence-electron chi connectivity index (χ0n) is 20.8. The zero-order valence-corrected chi connectivity index (χ0v) is 20.8. The summed E-state index contributed by atoms with van der Waals surface area (Å²) >= 11 is 0. The van der Waals surface area contributed by atoms with Gasteiger partial charge in [0.25, 0.3) is 0 Å². The van der Waals surface area contributed by atoms with Gasteiger partial charge >= 0.3 is 0 Å². The summed E-state index contributed by atoms with van der Waals surface area (Å²) in [6.07, 6.45) is 0. The summed E-state index contributed by atoms with van der Waals surface area (Å²) < 4.78 is 25.9. The smallest absolute Gasteiger partial charge is 0.239 e. The van der Waals surface area contributed by atoms with Gasteiger partial charge in [0.1, 0.15) is 17.7 Å². The summed E-state index contributed by atoms with van der Waals surface area (Å²) in [5, 5.41) is 12.7. The van der Waals surface area contributed by atoms with Crippen LogP contribution < -0.4 is 14.8 Å². The highest BCUT2D eigenvalue weighted by Crippen LogP contribution is 2.29. The molecule has 7 nitrogen and oxygen atoms in total. The van der Waals surface area contributed by atoms with Gasteiger partial charge in [0.15, 0.2) is 11.5 Å². The molecule has 184 valence electrons. The third-order valence-corrected chi connectivity index (χ3v) is 6.12. The van der Waals surface area contributed by atoms with Gasteiger partial charge in [-0.3, -0.25) is 9.69 Å². The SMILES string of the molecule is CCN(CC(=O)Nc1c(C#N)c(C)c(C)n1Cc1ccc(F)cc1)Cc1ccc(OC)c(OC)c1. The van der Waals surface area contributed by atoms with Gasteiger partial charge in [0, 0.05) is 18.8 Å². The molecule has 1 aromatic heterocycles. The monoisotopic (exact) mass is 478 g/mol. The molecular weight excluding hydrogens is 447 g/mol. The molecule has 1 N–H and O–H groups in total. The van der Waals surface area contributed by atoms with E-state index in [9.17, 15) is 14.4 Å².